The molecule has 3 N–H and O–H groups in total. The topological polar surface area (TPSA) is 126 Å². The Morgan fingerprint density at radius 2 is 2.18 bits per heavy atom. The summed E-state index contributed by atoms with van der Waals surface area (Å²) in [5, 5.41) is 9.09. The normalized spacial score (nSPS) is 14.5. The summed E-state index contributed by atoms with van der Waals surface area (Å²) in [6.45, 7) is 7.63. The predicted molar refractivity (Wildman–Crippen MR) is 111 cm³/mol. The molecule has 3 unspecified atom stereocenters. The summed E-state index contributed by atoms with van der Waals surface area (Å²) in [6, 6.07) is 1.54. The van der Waals surface area contributed by atoms with Crippen LogP contribution in [0.15, 0.2) is 17.1 Å². The lowest BCUT2D eigenvalue weighted by molar-refractivity contribution is -0.119. The highest BCUT2D eigenvalue weighted by Gasteiger charge is 2.26. The zero-order valence-electron chi connectivity index (χ0n) is 16.7. The van der Waals surface area contributed by atoms with Crippen molar-refractivity contribution in [3.8, 4) is 0 Å². The molecule has 1 aromatic heterocycles. The van der Waals surface area contributed by atoms with Gasteiger partial charge in [0.2, 0.25) is 0 Å². The molecule has 1 rings (SSSR count). The molecule has 28 heavy (non-hydrogen) atoms. The Morgan fingerprint density at radius 3 is 2.79 bits per heavy atom. The summed E-state index contributed by atoms with van der Waals surface area (Å²) in [5.41, 5.74) is 4.28. The maximum absolute atomic E-state index is 11.8. The summed E-state index contributed by atoms with van der Waals surface area (Å²) >= 11 is 1.14. The van der Waals surface area contributed by atoms with Gasteiger partial charge in [0.1, 0.15) is 12.0 Å². The SMILES string of the molecule is CCC(COPOCCSC(=O)C(C)(C)CO)OC(C)n1ccc(N)nc1=O. The lowest BCUT2D eigenvalue weighted by Crippen LogP contribution is -2.30. The molecule has 0 aliphatic rings. The van der Waals surface area contributed by atoms with Crippen LogP contribution in [-0.2, 0) is 18.6 Å². The number of aromatic nitrogens is 2. The maximum atomic E-state index is 11.8. The van der Waals surface area contributed by atoms with Crippen molar-refractivity contribution in [3.63, 3.8) is 0 Å². The fourth-order valence-corrected chi connectivity index (χ4v) is 3.42. The average molecular weight is 435 g/mol. The first-order chi connectivity index (χ1) is 13.2. The first-order valence-corrected chi connectivity index (χ1v) is 10.8. The number of aliphatic hydroxyl groups excluding tert-OH is 1. The van der Waals surface area contributed by atoms with Crippen molar-refractivity contribution in [1.82, 2.24) is 9.55 Å². The van der Waals surface area contributed by atoms with Crippen LogP contribution in [0.2, 0.25) is 0 Å². The maximum Gasteiger partial charge on any atom is 0.351 e. The molecule has 0 fully saturated rings. The van der Waals surface area contributed by atoms with Crippen molar-refractivity contribution in [2.24, 2.45) is 5.41 Å². The molecule has 0 aliphatic heterocycles. The van der Waals surface area contributed by atoms with Gasteiger partial charge in [0.25, 0.3) is 0 Å². The van der Waals surface area contributed by atoms with Gasteiger partial charge < -0.3 is 24.6 Å². The van der Waals surface area contributed by atoms with Crippen LogP contribution in [0.4, 0.5) is 5.82 Å². The van der Waals surface area contributed by atoms with Gasteiger partial charge in [0.15, 0.2) is 14.1 Å². The average Bonchev–Trinajstić information content (AvgIpc) is 2.65. The molecular weight excluding hydrogens is 405 g/mol. The fourth-order valence-electron chi connectivity index (χ4n) is 1.95. The van der Waals surface area contributed by atoms with Crippen molar-refractivity contribution < 1.29 is 23.7 Å². The van der Waals surface area contributed by atoms with E-state index in [1.54, 1.807) is 33.0 Å². The van der Waals surface area contributed by atoms with Gasteiger partial charge in [0, 0.05) is 11.9 Å². The molecule has 3 atom stereocenters. The van der Waals surface area contributed by atoms with Gasteiger partial charge in [-0.05, 0) is 33.3 Å². The molecule has 0 aliphatic carbocycles. The number of ether oxygens (including phenoxy) is 1. The minimum absolute atomic E-state index is 0.0660. The van der Waals surface area contributed by atoms with Crippen LogP contribution in [0, 0.1) is 5.41 Å². The summed E-state index contributed by atoms with van der Waals surface area (Å²) in [4.78, 5) is 27.4. The van der Waals surface area contributed by atoms with E-state index in [1.165, 1.54) is 4.57 Å². The van der Waals surface area contributed by atoms with Gasteiger partial charge in [-0.25, -0.2) is 4.79 Å². The lowest BCUT2D eigenvalue weighted by Gasteiger charge is -2.22. The van der Waals surface area contributed by atoms with Gasteiger partial charge >= 0.3 is 5.69 Å². The third kappa shape index (κ3) is 8.55. The number of nitrogens with two attached hydrogens (primary N) is 1. The van der Waals surface area contributed by atoms with Crippen molar-refractivity contribution in [3.05, 3.63) is 22.7 Å². The quantitative estimate of drug-likeness (QED) is 0.353. The van der Waals surface area contributed by atoms with Crippen LogP contribution < -0.4 is 11.4 Å². The van der Waals surface area contributed by atoms with Crippen LogP contribution in [0.5, 0.6) is 0 Å². The Balaban J connectivity index is 2.26. The third-order valence-corrected chi connectivity index (χ3v) is 5.63. The Morgan fingerprint density at radius 1 is 1.46 bits per heavy atom. The molecule has 0 bridgehead atoms. The first kappa shape index (κ1) is 25.0. The predicted octanol–water partition coefficient (Wildman–Crippen LogP) is 1.96. The highest BCUT2D eigenvalue weighted by molar-refractivity contribution is 8.13. The third-order valence-electron chi connectivity index (χ3n) is 3.84. The number of carbonyl (C=O) groups excluding carboxylic acids is 1. The number of hydrogen-bond donors (Lipinski definition) is 2. The number of nitrogens with zero attached hydrogens (tertiary/aromatic N) is 2. The van der Waals surface area contributed by atoms with E-state index in [4.69, 9.17) is 24.6 Å². The summed E-state index contributed by atoms with van der Waals surface area (Å²) < 4.78 is 18.1. The molecule has 0 saturated heterocycles. The number of anilines is 1. The molecule has 11 heteroatoms. The van der Waals surface area contributed by atoms with E-state index in [1.807, 2.05) is 6.92 Å². The Bertz CT molecular complexity index is 673. The summed E-state index contributed by atoms with van der Waals surface area (Å²) in [5.74, 6) is 0.665. The van der Waals surface area contributed by atoms with E-state index in [-0.39, 0.29) is 32.7 Å². The highest BCUT2D eigenvalue weighted by Crippen LogP contribution is 2.24. The molecule has 1 heterocycles. The number of rotatable bonds is 13. The van der Waals surface area contributed by atoms with Crippen LogP contribution in [0.1, 0.15) is 40.3 Å². The lowest BCUT2D eigenvalue weighted by atomic mass is 9.97. The molecule has 0 amide bonds. The monoisotopic (exact) mass is 435 g/mol. The zero-order valence-corrected chi connectivity index (χ0v) is 18.5. The van der Waals surface area contributed by atoms with Gasteiger partial charge in [-0.3, -0.25) is 9.36 Å². The standard InChI is InChI=1S/C17H30N3O6PS/c1-5-13(26-12(2)20-7-6-14(18)19-16(20)23)10-25-27-24-8-9-28-15(22)17(3,4)11-21/h6-7,12-13,21,27H,5,8-11H2,1-4H3,(H2,18,19,23). The van der Waals surface area contributed by atoms with Crippen LogP contribution in [0.25, 0.3) is 0 Å². The molecule has 160 valence electrons. The smallest absolute Gasteiger partial charge is 0.351 e. The minimum Gasteiger partial charge on any atom is -0.395 e. The van der Waals surface area contributed by atoms with Crippen LogP contribution >= 0.6 is 20.8 Å². The van der Waals surface area contributed by atoms with E-state index in [2.05, 4.69) is 4.98 Å². The van der Waals surface area contributed by atoms with Gasteiger partial charge in [-0.2, -0.15) is 4.98 Å². The van der Waals surface area contributed by atoms with E-state index >= 15 is 0 Å². The van der Waals surface area contributed by atoms with E-state index in [0.717, 1.165) is 11.8 Å². The number of carbonyl (C=O) groups is 1. The fraction of sp³-hybridized carbons (Fsp3) is 0.706. The highest BCUT2D eigenvalue weighted by atomic mass is 32.2. The second-order valence-electron chi connectivity index (χ2n) is 6.73. The Labute approximate surface area is 171 Å². The van der Waals surface area contributed by atoms with Gasteiger partial charge in [-0.15, -0.1) is 0 Å². The number of nitrogen functional groups attached to an aromatic ring is 1. The largest absolute Gasteiger partial charge is 0.395 e. The molecular formula is C17H30N3O6PS. The van der Waals surface area contributed by atoms with E-state index in [0.29, 0.717) is 25.4 Å². The summed E-state index contributed by atoms with van der Waals surface area (Å²) in [6.07, 6.45) is 1.53. The second-order valence-corrected chi connectivity index (χ2v) is 8.54. The Hall–Kier alpha value is -1.03. The van der Waals surface area contributed by atoms with Gasteiger partial charge in [0.05, 0.1) is 31.3 Å². The molecule has 1 aromatic rings. The van der Waals surface area contributed by atoms with Crippen molar-refractivity contribution in [2.45, 2.75) is 46.4 Å². The van der Waals surface area contributed by atoms with Crippen molar-refractivity contribution in [2.75, 3.05) is 31.3 Å². The number of thioether (sulfide) groups is 1. The molecule has 0 aromatic carbocycles. The Kier molecular flexibility index (Phi) is 11.2. The van der Waals surface area contributed by atoms with Crippen molar-refractivity contribution in [1.29, 1.82) is 0 Å². The molecule has 0 radical (unpaired) electrons. The second kappa shape index (κ2) is 12.5. The zero-order chi connectivity index (χ0) is 21.2. The molecule has 0 saturated carbocycles. The number of hydrogen-bond acceptors (Lipinski definition) is 9. The molecule has 9 nitrogen and oxygen atoms in total. The van der Waals surface area contributed by atoms with E-state index in [9.17, 15) is 9.59 Å². The first-order valence-electron chi connectivity index (χ1n) is 8.98. The van der Waals surface area contributed by atoms with Crippen molar-refractivity contribution >= 4 is 31.7 Å². The van der Waals surface area contributed by atoms with E-state index < -0.39 is 17.3 Å². The van der Waals surface area contributed by atoms with Crippen LogP contribution in [0.3, 0.4) is 0 Å². The number of aliphatic hydroxyl groups is 1. The summed E-state index contributed by atoms with van der Waals surface area (Å²) in [7, 11) is -0.174. The van der Waals surface area contributed by atoms with Gasteiger partial charge in [-0.1, -0.05) is 18.7 Å². The van der Waals surface area contributed by atoms with Crippen LogP contribution in [-0.4, -0.2) is 51.5 Å². The minimum atomic E-state index is -0.742. The molecule has 0 spiro atoms.